The minimum atomic E-state index is -0.928. The summed E-state index contributed by atoms with van der Waals surface area (Å²) in [7, 11) is 0. The van der Waals surface area contributed by atoms with Crippen molar-refractivity contribution in [3.8, 4) is 0 Å². The van der Waals surface area contributed by atoms with Crippen LogP contribution in [0.4, 0.5) is 0 Å². The van der Waals surface area contributed by atoms with E-state index in [1.165, 1.54) is 32.1 Å². The largest absolute Gasteiger partial charge is 0.480 e. The lowest BCUT2D eigenvalue weighted by molar-refractivity contribution is -0.142. The summed E-state index contributed by atoms with van der Waals surface area (Å²) >= 11 is 0. The number of rotatable bonds is 7. The average Bonchev–Trinajstić information content (AvgIpc) is 2.37. The molecular formula is C14H25NO3. The van der Waals surface area contributed by atoms with Gasteiger partial charge in [0.1, 0.15) is 6.04 Å². The Balaban J connectivity index is 2.24. The van der Waals surface area contributed by atoms with E-state index in [4.69, 9.17) is 5.11 Å². The van der Waals surface area contributed by atoms with Gasteiger partial charge in [-0.05, 0) is 18.8 Å². The Kier molecular flexibility index (Phi) is 6.76. The Labute approximate surface area is 109 Å². The number of carboxylic acids is 1. The van der Waals surface area contributed by atoms with Crippen LogP contribution in [0.1, 0.15) is 64.7 Å². The number of hydrogen-bond acceptors (Lipinski definition) is 2. The summed E-state index contributed by atoms with van der Waals surface area (Å²) < 4.78 is 0. The normalized spacial score (nSPS) is 18.3. The van der Waals surface area contributed by atoms with Gasteiger partial charge in [0, 0.05) is 6.42 Å². The van der Waals surface area contributed by atoms with E-state index in [1.807, 2.05) is 6.92 Å². The highest BCUT2D eigenvalue weighted by molar-refractivity contribution is 5.83. The second-order valence-corrected chi connectivity index (χ2v) is 5.29. The van der Waals surface area contributed by atoms with E-state index in [-0.39, 0.29) is 5.91 Å². The Morgan fingerprint density at radius 3 is 2.50 bits per heavy atom. The third-order valence-corrected chi connectivity index (χ3v) is 3.72. The molecule has 18 heavy (non-hydrogen) atoms. The van der Waals surface area contributed by atoms with Gasteiger partial charge >= 0.3 is 5.97 Å². The van der Waals surface area contributed by atoms with Crippen LogP contribution in [-0.4, -0.2) is 23.0 Å². The molecule has 0 aromatic rings. The molecule has 0 saturated heterocycles. The minimum absolute atomic E-state index is 0.110. The summed E-state index contributed by atoms with van der Waals surface area (Å²) in [6, 6.07) is -0.714. The van der Waals surface area contributed by atoms with Crippen LogP contribution in [-0.2, 0) is 9.59 Å². The Morgan fingerprint density at radius 2 is 1.94 bits per heavy atom. The fraction of sp³-hybridized carbons (Fsp3) is 0.857. The molecule has 4 nitrogen and oxygen atoms in total. The average molecular weight is 255 g/mol. The van der Waals surface area contributed by atoms with Gasteiger partial charge in [0.15, 0.2) is 0 Å². The van der Waals surface area contributed by atoms with E-state index in [2.05, 4.69) is 5.32 Å². The predicted octanol–water partition coefficient (Wildman–Crippen LogP) is 2.72. The SMILES string of the molecule is CCC[C@H](NC(=O)CCC1CCCCC1)C(=O)O. The number of hydrogen-bond donors (Lipinski definition) is 2. The van der Waals surface area contributed by atoms with Crippen LogP contribution in [0.5, 0.6) is 0 Å². The first kappa shape index (κ1) is 15.0. The third-order valence-electron chi connectivity index (χ3n) is 3.72. The number of nitrogens with one attached hydrogen (secondary N) is 1. The zero-order chi connectivity index (χ0) is 13.4. The molecular weight excluding hydrogens is 230 g/mol. The highest BCUT2D eigenvalue weighted by atomic mass is 16.4. The first-order valence-electron chi connectivity index (χ1n) is 7.15. The van der Waals surface area contributed by atoms with E-state index < -0.39 is 12.0 Å². The van der Waals surface area contributed by atoms with Crippen LogP contribution in [0.2, 0.25) is 0 Å². The van der Waals surface area contributed by atoms with Gasteiger partial charge < -0.3 is 10.4 Å². The van der Waals surface area contributed by atoms with E-state index in [9.17, 15) is 9.59 Å². The molecule has 0 spiro atoms. The number of aliphatic carboxylic acids is 1. The minimum Gasteiger partial charge on any atom is -0.480 e. The lowest BCUT2D eigenvalue weighted by Crippen LogP contribution is -2.40. The van der Waals surface area contributed by atoms with Gasteiger partial charge in [-0.25, -0.2) is 4.79 Å². The molecule has 0 bridgehead atoms. The van der Waals surface area contributed by atoms with E-state index in [0.29, 0.717) is 18.8 Å². The van der Waals surface area contributed by atoms with Crippen LogP contribution in [0.3, 0.4) is 0 Å². The van der Waals surface area contributed by atoms with Crippen LogP contribution in [0, 0.1) is 5.92 Å². The number of carbonyl (C=O) groups is 2. The first-order chi connectivity index (χ1) is 8.63. The highest BCUT2D eigenvalue weighted by Gasteiger charge is 2.20. The summed E-state index contributed by atoms with van der Waals surface area (Å²) in [5, 5.41) is 11.6. The molecule has 1 aliphatic rings. The molecule has 104 valence electrons. The summed E-state index contributed by atoms with van der Waals surface area (Å²) in [6.07, 6.45) is 8.97. The fourth-order valence-electron chi connectivity index (χ4n) is 2.62. The first-order valence-corrected chi connectivity index (χ1v) is 7.15. The van der Waals surface area contributed by atoms with Crippen molar-refractivity contribution in [2.45, 2.75) is 70.8 Å². The summed E-state index contributed by atoms with van der Waals surface area (Å²) in [5.41, 5.74) is 0. The zero-order valence-corrected chi connectivity index (χ0v) is 11.3. The molecule has 0 aliphatic heterocycles. The molecule has 0 radical (unpaired) electrons. The van der Waals surface area contributed by atoms with Gasteiger partial charge in [0.25, 0.3) is 0 Å². The zero-order valence-electron chi connectivity index (χ0n) is 11.3. The van der Waals surface area contributed by atoms with Gasteiger partial charge in [-0.2, -0.15) is 0 Å². The number of carboxylic acid groups (broad SMARTS) is 1. The number of carbonyl (C=O) groups excluding carboxylic acids is 1. The maximum Gasteiger partial charge on any atom is 0.326 e. The maximum absolute atomic E-state index is 11.7. The molecule has 0 aromatic carbocycles. The van der Waals surface area contributed by atoms with Crippen molar-refractivity contribution in [1.82, 2.24) is 5.32 Å². The van der Waals surface area contributed by atoms with Gasteiger partial charge in [-0.3, -0.25) is 4.79 Å². The molecule has 1 aliphatic carbocycles. The lowest BCUT2D eigenvalue weighted by atomic mass is 9.86. The van der Waals surface area contributed by atoms with Crippen molar-refractivity contribution < 1.29 is 14.7 Å². The molecule has 2 N–H and O–H groups in total. The monoisotopic (exact) mass is 255 g/mol. The van der Waals surface area contributed by atoms with E-state index in [0.717, 1.165) is 12.8 Å². The molecule has 1 atom stereocenters. The smallest absolute Gasteiger partial charge is 0.326 e. The third kappa shape index (κ3) is 5.52. The van der Waals surface area contributed by atoms with Crippen LogP contribution >= 0.6 is 0 Å². The van der Waals surface area contributed by atoms with Crippen LogP contribution < -0.4 is 5.32 Å². The molecule has 1 amide bonds. The van der Waals surface area contributed by atoms with Crippen molar-refractivity contribution in [3.63, 3.8) is 0 Å². The second kappa shape index (κ2) is 8.11. The van der Waals surface area contributed by atoms with Crippen molar-refractivity contribution in [1.29, 1.82) is 0 Å². The fourth-order valence-corrected chi connectivity index (χ4v) is 2.62. The maximum atomic E-state index is 11.7. The molecule has 1 rings (SSSR count). The summed E-state index contributed by atoms with van der Waals surface area (Å²) in [6.45, 7) is 1.92. The van der Waals surface area contributed by atoms with Crippen molar-refractivity contribution in [2.75, 3.05) is 0 Å². The topological polar surface area (TPSA) is 66.4 Å². The standard InChI is InChI=1S/C14H25NO3/c1-2-6-12(14(17)18)15-13(16)10-9-11-7-4-3-5-8-11/h11-12H,2-10H2,1H3,(H,15,16)(H,17,18)/t12-/m0/s1. The van der Waals surface area contributed by atoms with E-state index in [1.54, 1.807) is 0 Å². The second-order valence-electron chi connectivity index (χ2n) is 5.29. The van der Waals surface area contributed by atoms with Crippen molar-refractivity contribution in [3.05, 3.63) is 0 Å². The summed E-state index contributed by atoms with van der Waals surface area (Å²) in [4.78, 5) is 22.6. The molecule has 0 unspecified atom stereocenters. The Morgan fingerprint density at radius 1 is 1.28 bits per heavy atom. The molecule has 1 saturated carbocycles. The van der Waals surface area contributed by atoms with Gasteiger partial charge in [-0.1, -0.05) is 45.4 Å². The van der Waals surface area contributed by atoms with Gasteiger partial charge in [0.05, 0.1) is 0 Å². The highest BCUT2D eigenvalue weighted by Crippen LogP contribution is 2.27. The van der Waals surface area contributed by atoms with Gasteiger partial charge in [0.2, 0.25) is 5.91 Å². The molecule has 1 fully saturated rings. The quantitative estimate of drug-likeness (QED) is 0.735. The Hall–Kier alpha value is -1.06. The summed E-state index contributed by atoms with van der Waals surface area (Å²) in [5.74, 6) is -0.372. The van der Waals surface area contributed by atoms with E-state index >= 15 is 0 Å². The lowest BCUT2D eigenvalue weighted by Gasteiger charge is -2.21. The molecule has 0 heterocycles. The molecule has 0 aromatic heterocycles. The predicted molar refractivity (Wildman–Crippen MR) is 70.3 cm³/mol. The van der Waals surface area contributed by atoms with Gasteiger partial charge in [-0.15, -0.1) is 0 Å². The van der Waals surface area contributed by atoms with Crippen molar-refractivity contribution in [2.24, 2.45) is 5.92 Å². The molecule has 4 heteroatoms. The van der Waals surface area contributed by atoms with Crippen molar-refractivity contribution >= 4 is 11.9 Å². The number of amides is 1. The van der Waals surface area contributed by atoms with Crippen LogP contribution in [0.15, 0.2) is 0 Å². The Bertz CT molecular complexity index is 272. The van der Waals surface area contributed by atoms with Crippen LogP contribution in [0.25, 0.3) is 0 Å².